The summed E-state index contributed by atoms with van der Waals surface area (Å²) in [5.41, 5.74) is 5.58. The second kappa shape index (κ2) is 8.42. The summed E-state index contributed by atoms with van der Waals surface area (Å²) in [6.45, 7) is 10.3. The number of nitrogens with one attached hydrogen (secondary N) is 2. The quantitative estimate of drug-likeness (QED) is 0.524. The number of aromatic nitrogens is 6. The second-order valence-electron chi connectivity index (χ2n) is 8.27. The van der Waals surface area contributed by atoms with Crippen molar-refractivity contribution in [1.29, 1.82) is 0 Å². The third-order valence-corrected chi connectivity index (χ3v) is 5.95. The van der Waals surface area contributed by atoms with Gasteiger partial charge in [0.2, 0.25) is 0 Å². The Balaban J connectivity index is 1.62. The number of anilines is 1. The molecule has 1 saturated heterocycles. The lowest BCUT2D eigenvalue weighted by molar-refractivity contribution is 0.574. The van der Waals surface area contributed by atoms with Crippen molar-refractivity contribution in [2.24, 2.45) is 0 Å². The first-order valence-electron chi connectivity index (χ1n) is 11.1. The molecule has 0 amide bonds. The lowest BCUT2D eigenvalue weighted by atomic mass is 10.1. The zero-order valence-corrected chi connectivity index (χ0v) is 18.5. The minimum atomic E-state index is 0.719. The number of piperidine rings is 1. The summed E-state index contributed by atoms with van der Waals surface area (Å²) in [6.07, 6.45) is 13.2. The fourth-order valence-corrected chi connectivity index (χ4v) is 4.27. The summed E-state index contributed by atoms with van der Waals surface area (Å²) in [5, 5.41) is 9.60. The predicted molar refractivity (Wildman–Crippen MR) is 129 cm³/mol. The lowest BCUT2D eigenvalue weighted by Crippen LogP contribution is -2.30. The summed E-state index contributed by atoms with van der Waals surface area (Å²) in [5.74, 6) is 1.67. The van der Waals surface area contributed by atoms with Crippen molar-refractivity contribution < 1.29 is 0 Å². The molecule has 0 saturated carbocycles. The SMILES string of the molecule is C=C(/C=c1/c(-c2nc3c(N4CCCCC4)nccc3[nH]2)n[nH]/c1=C/C)c1cncc(C)c1. The zero-order valence-electron chi connectivity index (χ0n) is 18.5. The number of fused-ring (bicyclic) bond motifs is 1. The van der Waals surface area contributed by atoms with Crippen LogP contribution in [-0.2, 0) is 0 Å². The van der Waals surface area contributed by atoms with Crippen LogP contribution in [0.3, 0.4) is 0 Å². The van der Waals surface area contributed by atoms with Crippen LogP contribution in [0.15, 0.2) is 37.3 Å². The fraction of sp³-hybridized carbons (Fsp3) is 0.280. The van der Waals surface area contributed by atoms with Gasteiger partial charge in [0.1, 0.15) is 11.2 Å². The molecule has 5 rings (SSSR count). The third kappa shape index (κ3) is 3.70. The molecule has 32 heavy (non-hydrogen) atoms. The van der Waals surface area contributed by atoms with E-state index in [1.54, 1.807) is 0 Å². The van der Waals surface area contributed by atoms with Crippen LogP contribution in [-0.4, -0.2) is 43.2 Å². The zero-order chi connectivity index (χ0) is 22.1. The summed E-state index contributed by atoms with van der Waals surface area (Å²) in [4.78, 5) is 19.7. The van der Waals surface area contributed by atoms with E-state index in [0.29, 0.717) is 0 Å². The Labute approximate surface area is 186 Å². The molecular formula is C25H27N7. The number of rotatable bonds is 4. The Hall–Kier alpha value is -3.74. The van der Waals surface area contributed by atoms with E-state index in [4.69, 9.17) is 4.98 Å². The van der Waals surface area contributed by atoms with Crippen LogP contribution in [0.2, 0.25) is 0 Å². The van der Waals surface area contributed by atoms with Crippen molar-refractivity contribution in [3.63, 3.8) is 0 Å². The van der Waals surface area contributed by atoms with Gasteiger partial charge in [-0.05, 0) is 68.0 Å². The Bertz CT molecular complexity index is 1400. The van der Waals surface area contributed by atoms with E-state index in [9.17, 15) is 0 Å². The van der Waals surface area contributed by atoms with Crippen molar-refractivity contribution in [3.8, 4) is 11.5 Å². The molecular weight excluding hydrogens is 398 g/mol. The number of hydrogen-bond acceptors (Lipinski definition) is 5. The van der Waals surface area contributed by atoms with E-state index in [-0.39, 0.29) is 0 Å². The Morgan fingerprint density at radius 2 is 2.03 bits per heavy atom. The van der Waals surface area contributed by atoms with Crippen molar-refractivity contribution in [3.05, 3.63) is 59.0 Å². The fourth-order valence-electron chi connectivity index (χ4n) is 4.27. The maximum absolute atomic E-state index is 4.94. The Morgan fingerprint density at radius 1 is 1.19 bits per heavy atom. The van der Waals surface area contributed by atoms with E-state index in [1.165, 1.54) is 19.3 Å². The molecule has 0 atom stereocenters. The van der Waals surface area contributed by atoms with Gasteiger partial charge in [0.15, 0.2) is 11.6 Å². The van der Waals surface area contributed by atoms with Crippen molar-refractivity contribution in [1.82, 2.24) is 30.1 Å². The Morgan fingerprint density at radius 3 is 2.81 bits per heavy atom. The number of hydrogen-bond donors (Lipinski definition) is 2. The van der Waals surface area contributed by atoms with Crippen LogP contribution < -0.4 is 15.5 Å². The number of aryl methyl sites for hydroxylation is 1. The molecule has 5 heterocycles. The number of allylic oxidation sites excluding steroid dienone is 1. The summed E-state index contributed by atoms with van der Waals surface area (Å²) in [6, 6.07) is 4.05. The van der Waals surface area contributed by atoms with E-state index in [1.807, 2.05) is 50.7 Å². The smallest absolute Gasteiger partial charge is 0.159 e. The summed E-state index contributed by atoms with van der Waals surface area (Å²) in [7, 11) is 0. The van der Waals surface area contributed by atoms with Crippen LogP contribution in [0.5, 0.6) is 0 Å². The van der Waals surface area contributed by atoms with Crippen molar-refractivity contribution >= 4 is 34.6 Å². The first kappa shape index (κ1) is 20.2. The van der Waals surface area contributed by atoms with Gasteiger partial charge in [-0.3, -0.25) is 10.1 Å². The molecule has 1 fully saturated rings. The van der Waals surface area contributed by atoms with Crippen molar-refractivity contribution in [2.45, 2.75) is 33.1 Å². The molecule has 0 aromatic carbocycles. The number of nitrogens with zero attached hydrogens (tertiary/aromatic N) is 5. The standard InChI is InChI=1S/C25H27N7/c1-4-20-19(13-17(3)18-12-16(2)14-26-15-18)22(31-30-20)24-28-21-8-9-27-25(23(21)29-24)32-10-6-5-7-11-32/h4,8-9,12-15,30H,3,5-7,10-11H2,1-2H3,(H,28,29)/b19-13+,20-4+. The summed E-state index contributed by atoms with van der Waals surface area (Å²) >= 11 is 0. The first-order chi connectivity index (χ1) is 15.6. The molecule has 0 aliphatic carbocycles. The topological polar surface area (TPSA) is 86.4 Å². The molecule has 162 valence electrons. The average molecular weight is 426 g/mol. The number of pyridine rings is 2. The molecule has 4 aromatic heterocycles. The van der Waals surface area contributed by atoms with Gasteiger partial charge >= 0.3 is 0 Å². The van der Waals surface area contributed by atoms with E-state index in [0.717, 1.165) is 68.7 Å². The largest absolute Gasteiger partial charge is 0.355 e. The van der Waals surface area contributed by atoms with Crippen LogP contribution >= 0.6 is 0 Å². The van der Waals surface area contributed by atoms with Gasteiger partial charge in [0.05, 0.1) is 10.9 Å². The molecule has 4 aromatic rings. The molecule has 0 unspecified atom stereocenters. The Kier molecular flexibility index (Phi) is 5.31. The van der Waals surface area contributed by atoms with E-state index in [2.05, 4.69) is 42.7 Å². The van der Waals surface area contributed by atoms with Crippen LogP contribution in [0.25, 0.3) is 40.3 Å². The number of H-pyrrole nitrogens is 2. The first-order valence-corrected chi connectivity index (χ1v) is 11.1. The minimum absolute atomic E-state index is 0.719. The predicted octanol–water partition coefficient (Wildman–Crippen LogP) is 3.34. The van der Waals surface area contributed by atoms with Crippen LogP contribution in [0.1, 0.15) is 37.3 Å². The highest BCUT2D eigenvalue weighted by molar-refractivity contribution is 5.90. The molecule has 0 spiro atoms. The average Bonchev–Trinajstić information content (AvgIpc) is 3.43. The van der Waals surface area contributed by atoms with Gasteiger partial charge in [0.25, 0.3) is 0 Å². The molecule has 0 bridgehead atoms. The third-order valence-electron chi connectivity index (χ3n) is 5.95. The maximum atomic E-state index is 4.94. The second-order valence-corrected chi connectivity index (χ2v) is 8.27. The maximum Gasteiger partial charge on any atom is 0.159 e. The highest BCUT2D eigenvalue weighted by atomic mass is 15.2. The molecule has 7 heteroatoms. The molecule has 7 nitrogen and oxygen atoms in total. The molecule has 0 radical (unpaired) electrons. The highest BCUT2D eigenvalue weighted by Gasteiger charge is 2.19. The van der Waals surface area contributed by atoms with Gasteiger partial charge in [-0.15, -0.1) is 0 Å². The van der Waals surface area contributed by atoms with E-state index >= 15 is 0 Å². The summed E-state index contributed by atoms with van der Waals surface area (Å²) < 4.78 is 0. The monoisotopic (exact) mass is 425 g/mol. The van der Waals surface area contributed by atoms with Gasteiger partial charge in [0, 0.05) is 36.9 Å². The van der Waals surface area contributed by atoms with Gasteiger partial charge in [-0.25, -0.2) is 9.97 Å². The molecule has 1 aliphatic rings. The van der Waals surface area contributed by atoms with Crippen LogP contribution in [0, 0.1) is 6.92 Å². The van der Waals surface area contributed by atoms with Gasteiger partial charge in [-0.2, -0.15) is 5.10 Å². The normalized spacial score (nSPS) is 15.6. The van der Waals surface area contributed by atoms with Gasteiger partial charge in [-0.1, -0.05) is 12.7 Å². The molecule has 1 aliphatic heterocycles. The number of imidazole rings is 1. The lowest BCUT2D eigenvalue weighted by Gasteiger charge is -2.27. The van der Waals surface area contributed by atoms with Crippen LogP contribution in [0.4, 0.5) is 5.82 Å². The van der Waals surface area contributed by atoms with Gasteiger partial charge < -0.3 is 9.88 Å². The highest BCUT2D eigenvalue weighted by Crippen LogP contribution is 2.27. The minimum Gasteiger partial charge on any atom is -0.355 e. The van der Waals surface area contributed by atoms with Crippen molar-refractivity contribution in [2.75, 3.05) is 18.0 Å². The number of aromatic amines is 2. The van der Waals surface area contributed by atoms with E-state index < -0.39 is 0 Å². The molecule has 2 N–H and O–H groups in total.